The van der Waals surface area contributed by atoms with E-state index < -0.39 is 32.7 Å². The molecule has 2 aromatic carbocycles. The molecule has 2 aromatic rings. The van der Waals surface area contributed by atoms with E-state index >= 15 is 0 Å². The van der Waals surface area contributed by atoms with E-state index in [1.54, 1.807) is 29.2 Å². The Balaban J connectivity index is 1.65. The second-order valence-electron chi connectivity index (χ2n) is 7.28. The van der Waals surface area contributed by atoms with E-state index in [1.807, 2.05) is 6.92 Å². The Labute approximate surface area is 189 Å². The summed E-state index contributed by atoms with van der Waals surface area (Å²) >= 11 is 5.63. The summed E-state index contributed by atoms with van der Waals surface area (Å²) in [7, 11) is -4.44. The molecule has 0 bridgehead atoms. The minimum Gasteiger partial charge on any atom is -0.494 e. The number of amides is 1. The van der Waals surface area contributed by atoms with Crippen molar-refractivity contribution in [3.8, 4) is 5.75 Å². The standard InChI is InChI=1S/C21H22ClF3N2O4S/c1-2-31-17-6-3-14(4-7-17)20(28)27-11-9-16(10-12-27)26-32(29,30)19-8-5-15(22)13-18(19)21(23,24)25/h3-8,13,16,26H,2,9-12H2,1H3. The van der Waals surface area contributed by atoms with Gasteiger partial charge in [0.25, 0.3) is 5.91 Å². The van der Waals surface area contributed by atoms with Gasteiger partial charge in [0.1, 0.15) is 5.75 Å². The van der Waals surface area contributed by atoms with Crippen LogP contribution in [0.2, 0.25) is 5.02 Å². The van der Waals surface area contributed by atoms with Crippen LogP contribution in [0.3, 0.4) is 0 Å². The van der Waals surface area contributed by atoms with Gasteiger partial charge in [0, 0.05) is 29.7 Å². The molecular weight excluding hydrogens is 469 g/mol. The van der Waals surface area contributed by atoms with Crippen LogP contribution in [0.1, 0.15) is 35.7 Å². The van der Waals surface area contributed by atoms with Gasteiger partial charge in [-0.25, -0.2) is 13.1 Å². The fraction of sp³-hybridized carbons (Fsp3) is 0.381. The topological polar surface area (TPSA) is 75.7 Å². The number of carbonyl (C=O) groups excluding carboxylic acids is 1. The third-order valence-corrected chi connectivity index (χ3v) is 6.87. The van der Waals surface area contributed by atoms with Crippen LogP contribution in [0.4, 0.5) is 13.2 Å². The Kier molecular flexibility index (Phi) is 7.36. The highest BCUT2D eigenvalue weighted by atomic mass is 35.5. The lowest BCUT2D eigenvalue weighted by Gasteiger charge is -2.32. The molecule has 6 nitrogen and oxygen atoms in total. The van der Waals surface area contributed by atoms with Crippen LogP contribution in [-0.4, -0.2) is 45.0 Å². The number of nitrogens with zero attached hydrogens (tertiary/aromatic N) is 1. The summed E-state index contributed by atoms with van der Waals surface area (Å²) in [6, 6.07) is 8.64. The number of halogens is 4. The molecule has 1 saturated heterocycles. The molecule has 32 heavy (non-hydrogen) atoms. The van der Waals surface area contributed by atoms with Crippen LogP contribution in [0.15, 0.2) is 47.4 Å². The third-order valence-electron chi connectivity index (χ3n) is 5.05. The number of rotatable bonds is 6. The zero-order valence-electron chi connectivity index (χ0n) is 17.2. The van der Waals surface area contributed by atoms with Crippen LogP contribution in [0, 0.1) is 0 Å². The molecule has 0 aliphatic carbocycles. The largest absolute Gasteiger partial charge is 0.494 e. The summed E-state index contributed by atoms with van der Waals surface area (Å²) in [5.74, 6) is 0.448. The molecule has 1 N–H and O–H groups in total. The minimum absolute atomic E-state index is 0.202. The van der Waals surface area contributed by atoms with Crippen molar-refractivity contribution in [2.45, 2.75) is 36.9 Å². The second kappa shape index (κ2) is 9.68. The Morgan fingerprint density at radius 2 is 1.78 bits per heavy atom. The van der Waals surface area contributed by atoms with Crippen LogP contribution in [0.5, 0.6) is 5.75 Å². The maximum atomic E-state index is 13.3. The molecule has 1 aliphatic rings. The van der Waals surface area contributed by atoms with E-state index in [0.717, 1.165) is 12.1 Å². The number of carbonyl (C=O) groups is 1. The van der Waals surface area contributed by atoms with Gasteiger partial charge in [-0.05, 0) is 62.2 Å². The normalized spacial score (nSPS) is 15.6. The smallest absolute Gasteiger partial charge is 0.417 e. The lowest BCUT2D eigenvalue weighted by Crippen LogP contribution is -2.46. The van der Waals surface area contributed by atoms with E-state index in [1.165, 1.54) is 0 Å². The number of nitrogens with one attached hydrogen (secondary N) is 1. The van der Waals surface area contributed by atoms with E-state index in [4.69, 9.17) is 16.3 Å². The zero-order valence-corrected chi connectivity index (χ0v) is 18.7. The number of alkyl halides is 3. The first kappa shape index (κ1) is 24.3. The Hall–Kier alpha value is -2.30. The van der Waals surface area contributed by atoms with Crippen molar-refractivity contribution in [2.75, 3.05) is 19.7 Å². The molecule has 1 aliphatic heterocycles. The fourth-order valence-electron chi connectivity index (χ4n) is 3.48. The van der Waals surface area contributed by atoms with Crippen molar-refractivity contribution in [3.05, 3.63) is 58.6 Å². The summed E-state index contributed by atoms with van der Waals surface area (Å²) in [5, 5.41) is -0.211. The van der Waals surface area contributed by atoms with Gasteiger partial charge in [0.05, 0.1) is 17.1 Å². The molecule has 0 aromatic heterocycles. The predicted molar refractivity (Wildman–Crippen MR) is 113 cm³/mol. The average molecular weight is 491 g/mol. The monoisotopic (exact) mass is 490 g/mol. The first-order valence-corrected chi connectivity index (χ1v) is 11.8. The Bertz CT molecular complexity index is 1070. The van der Waals surface area contributed by atoms with E-state index in [9.17, 15) is 26.4 Å². The highest BCUT2D eigenvalue weighted by Crippen LogP contribution is 2.36. The van der Waals surface area contributed by atoms with Gasteiger partial charge in [-0.15, -0.1) is 0 Å². The maximum absolute atomic E-state index is 13.3. The average Bonchev–Trinajstić information content (AvgIpc) is 2.73. The Morgan fingerprint density at radius 1 is 1.16 bits per heavy atom. The Morgan fingerprint density at radius 3 is 2.34 bits per heavy atom. The van der Waals surface area contributed by atoms with E-state index in [-0.39, 0.29) is 36.9 Å². The van der Waals surface area contributed by atoms with Gasteiger partial charge >= 0.3 is 6.18 Å². The number of benzene rings is 2. The van der Waals surface area contributed by atoms with Crippen molar-refractivity contribution in [2.24, 2.45) is 0 Å². The predicted octanol–water partition coefficient (Wildman–Crippen LogP) is 4.34. The molecule has 0 unspecified atom stereocenters. The summed E-state index contributed by atoms with van der Waals surface area (Å²) < 4.78 is 72.9. The first-order chi connectivity index (χ1) is 15.0. The van der Waals surface area contributed by atoms with Crippen molar-refractivity contribution in [3.63, 3.8) is 0 Å². The SMILES string of the molecule is CCOc1ccc(C(=O)N2CCC(NS(=O)(=O)c3ccc(Cl)cc3C(F)(F)F)CC2)cc1. The summed E-state index contributed by atoms with van der Waals surface area (Å²) in [6.07, 6.45) is -4.32. The molecular formula is C21H22ClF3N2O4S. The number of hydrogen-bond donors (Lipinski definition) is 1. The van der Waals surface area contributed by atoms with Gasteiger partial charge in [-0.2, -0.15) is 13.2 Å². The number of hydrogen-bond acceptors (Lipinski definition) is 4. The molecule has 0 radical (unpaired) electrons. The summed E-state index contributed by atoms with van der Waals surface area (Å²) in [6.45, 7) is 2.91. The number of piperidine rings is 1. The number of likely N-dealkylation sites (tertiary alicyclic amines) is 1. The molecule has 0 atom stereocenters. The molecule has 0 spiro atoms. The molecule has 1 amide bonds. The van der Waals surface area contributed by atoms with Crippen LogP contribution in [-0.2, 0) is 16.2 Å². The zero-order chi connectivity index (χ0) is 23.5. The van der Waals surface area contributed by atoms with Crippen molar-refractivity contribution >= 4 is 27.5 Å². The molecule has 174 valence electrons. The molecule has 1 fully saturated rings. The van der Waals surface area contributed by atoms with Gasteiger partial charge in [0.2, 0.25) is 10.0 Å². The highest BCUT2D eigenvalue weighted by molar-refractivity contribution is 7.89. The maximum Gasteiger partial charge on any atom is 0.417 e. The quantitative estimate of drug-likeness (QED) is 0.653. The lowest BCUT2D eigenvalue weighted by atomic mass is 10.0. The molecule has 11 heteroatoms. The van der Waals surface area contributed by atoms with Gasteiger partial charge in [-0.3, -0.25) is 4.79 Å². The van der Waals surface area contributed by atoms with Crippen molar-refractivity contribution in [1.29, 1.82) is 0 Å². The fourth-order valence-corrected chi connectivity index (χ4v) is 5.17. The van der Waals surface area contributed by atoms with Crippen LogP contribution < -0.4 is 9.46 Å². The van der Waals surface area contributed by atoms with Crippen LogP contribution >= 0.6 is 11.6 Å². The second-order valence-corrected chi connectivity index (χ2v) is 9.40. The molecule has 0 saturated carbocycles. The van der Waals surface area contributed by atoms with Crippen molar-refractivity contribution in [1.82, 2.24) is 9.62 Å². The van der Waals surface area contributed by atoms with Gasteiger partial charge in [-0.1, -0.05) is 11.6 Å². The van der Waals surface area contributed by atoms with E-state index in [0.29, 0.717) is 24.0 Å². The third kappa shape index (κ3) is 5.73. The minimum atomic E-state index is -4.87. The molecule has 3 rings (SSSR count). The number of sulfonamides is 1. The highest BCUT2D eigenvalue weighted by Gasteiger charge is 2.38. The van der Waals surface area contributed by atoms with Crippen LogP contribution in [0.25, 0.3) is 0 Å². The summed E-state index contributed by atoms with van der Waals surface area (Å²) in [4.78, 5) is 13.4. The van der Waals surface area contributed by atoms with Crippen molar-refractivity contribution < 1.29 is 31.1 Å². The van der Waals surface area contributed by atoms with Gasteiger partial charge in [0.15, 0.2) is 0 Å². The lowest BCUT2D eigenvalue weighted by molar-refractivity contribution is -0.139. The first-order valence-electron chi connectivity index (χ1n) is 9.92. The van der Waals surface area contributed by atoms with E-state index in [2.05, 4.69) is 4.72 Å². The summed E-state index contributed by atoms with van der Waals surface area (Å²) in [5.41, 5.74) is -0.843. The number of ether oxygens (including phenoxy) is 1. The van der Waals surface area contributed by atoms with Gasteiger partial charge < -0.3 is 9.64 Å². The molecule has 1 heterocycles.